The molecule has 1 saturated heterocycles. The fourth-order valence-electron chi connectivity index (χ4n) is 3.62. The molecule has 0 saturated carbocycles. The molecule has 26 heavy (non-hydrogen) atoms. The van der Waals surface area contributed by atoms with Gasteiger partial charge < -0.3 is 10.4 Å². The van der Waals surface area contributed by atoms with Gasteiger partial charge in [-0.15, -0.1) is 0 Å². The number of fused-ring (bicyclic) bond motifs is 1. The highest BCUT2D eigenvalue weighted by atomic mass is 16.4. The Labute approximate surface area is 154 Å². The molecule has 1 heterocycles. The second-order valence-corrected chi connectivity index (χ2v) is 7.19. The average molecular weight is 354 g/mol. The molecule has 3 rings (SSSR count). The lowest BCUT2D eigenvalue weighted by Crippen LogP contribution is -2.50. The Bertz CT molecular complexity index is 805. The first-order valence-corrected chi connectivity index (χ1v) is 9.21. The summed E-state index contributed by atoms with van der Waals surface area (Å²) in [5, 5.41) is 14.6. The fourth-order valence-corrected chi connectivity index (χ4v) is 3.62. The van der Waals surface area contributed by atoms with Gasteiger partial charge in [-0.25, -0.2) is 0 Å². The van der Waals surface area contributed by atoms with E-state index in [1.807, 2.05) is 36.9 Å². The van der Waals surface area contributed by atoms with E-state index in [-0.39, 0.29) is 23.9 Å². The van der Waals surface area contributed by atoms with Gasteiger partial charge in [-0.05, 0) is 55.6 Å². The minimum Gasteiger partial charge on any atom is -0.481 e. The van der Waals surface area contributed by atoms with Gasteiger partial charge in [0.1, 0.15) is 0 Å². The van der Waals surface area contributed by atoms with Crippen molar-refractivity contribution in [3.8, 4) is 0 Å². The van der Waals surface area contributed by atoms with Crippen LogP contribution in [-0.2, 0) is 9.59 Å². The summed E-state index contributed by atoms with van der Waals surface area (Å²) in [5.74, 6) is -1.21. The van der Waals surface area contributed by atoms with E-state index in [4.69, 9.17) is 0 Å². The lowest BCUT2D eigenvalue weighted by Gasteiger charge is -2.35. The Morgan fingerprint density at radius 3 is 2.62 bits per heavy atom. The zero-order chi connectivity index (χ0) is 18.7. The molecule has 0 radical (unpaired) electrons. The van der Waals surface area contributed by atoms with Crippen molar-refractivity contribution < 1.29 is 14.7 Å². The van der Waals surface area contributed by atoms with E-state index in [0.717, 1.165) is 23.9 Å². The third-order valence-electron chi connectivity index (χ3n) is 5.36. The Hall–Kier alpha value is -2.40. The molecule has 138 valence electrons. The number of carboxylic acids is 1. The van der Waals surface area contributed by atoms with Crippen LogP contribution in [0.15, 0.2) is 42.5 Å². The van der Waals surface area contributed by atoms with Crippen molar-refractivity contribution in [2.75, 3.05) is 13.1 Å². The molecular weight excluding hydrogens is 328 g/mol. The van der Waals surface area contributed by atoms with E-state index in [1.165, 1.54) is 5.39 Å². The first-order chi connectivity index (χ1) is 12.5. The number of rotatable bonds is 5. The summed E-state index contributed by atoms with van der Waals surface area (Å²) in [4.78, 5) is 25.9. The minimum absolute atomic E-state index is 0.0586. The molecular formula is C21H26N2O3. The van der Waals surface area contributed by atoms with Gasteiger partial charge in [0, 0.05) is 6.54 Å². The van der Waals surface area contributed by atoms with Crippen molar-refractivity contribution in [3.05, 3.63) is 48.0 Å². The first-order valence-electron chi connectivity index (χ1n) is 9.21. The van der Waals surface area contributed by atoms with Gasteiger partial charge in [0.05, 0.1) is 18.0 Å². The molecule has 0 aromatic heterocycles. The topological polar surface area (TPSA) is 69.6 Å². The maximum Gasteiger partial charge on any atom is 0.307 e. The van der Waals surface area contributed by atoms with E-state index < -0.39 is 5.97 Å². The number of amides is 1. The molecule has 1 fully saturated rings. The summed E-state index contributed by atoms with van der Waals surface area (Å²) in [7, 11) is 0. The molecule has 1 amide bonds. The van der Waals surface area contributed by atoms with Crippen LogP contribution in [0.25, 0.3) is 10.8 Å². The van der Waals surface area contributed by atoms with Crippen molar-refractivity contribution in [2.45, 2.75) is 38.8 Å². The third-order valence-corrected chi connectivity index (χ3v) is 5.36. The molecule has 2 aromatic rings. The van der Waals surface area contributed by atoms with Gasteiger partial charge in [-0.1, -0.05) is 36.4 Å². The third kappa shape index (κ3) is 4.05. The summed E-state index contributed by atoms with van der Waals surface area (Å²) in [6, 6.07) is 13.9. The molecule has 5 heteroatoms. The van der Waals surface area contributed by atoms with E-state index in [9.17, 15) is 14.7 Å². The van der Waals surface area contributed by atoms with Crippen molar-refractivity contribution >= 4 is 22.6 Å². The predicted molar refractivity (Wildman–Crippen MR) is 102 cm³/mol. The standard InChI is InChI=1S/C21H26N2O3/c1-14(17-10-9-16-6-3-4-7-18(16)12-17)22-20(24)15(2)23-11-5-8-19(13-23)21(25)26/h3-4,6-7,9-10,12,14-15,19H,5,8,11,13H2,1-2H3,(H,22,24)(H,25,26). The molecule has 2 aromatic carbocycles. The number of nitrogens with zero attached hydrogens (tertiary/aromatic N) is 1. The smallest absolute Gasteiger partial charge is 0.307 e. The van der Waals surface area contributed by atoms with Crippen molar-refractivity contribution in [1.29, 1.82) is 0 Å². The second kappa shape index (κ2) is 7.87. The number of carbonyl (C=O) groups is 2. The zero-order valence-corrected chi connectivity index (χ0v) is 15.3. The van der Waals surface area contributed by atoms with Gasteiger partial charge in [0.2, 0.25) is 5.91 Å². The number of aliphatic carboxylic acids is 1. The van der Waals surface area contributed by atoms with Gasteiger partial charge in [0.25, 0.3) is 0 Å². The van der Waals surface area contributed by atoms with Crippen LogP contribution in [-0.4, -0.2) is 41.0 Å². The lowest BCUT2D eigenvalue weighted by atomic mass is 9.97. The molecule has 3 unspecified atom stereocenters. The van der Waals surface area contributed by atoms with Gasteiger partial charge in [-0.3, -0.25) is 14.5 Å². The molecule has 0 bridgehead atoms. The number of hydrogen-bond acceptors (Lipinski definition) is 3. The number of carbonyl (C=O) groups excluding carboxylic acids is 1. The maximum atomic E-state index is 12.7. The van der Waals surface area contributed by atoms with Gasteiger partial charge in [-0.2, -0.15) is 0 Å². The Morgan fingerprint density at radius 2 is 1.88 bits per heavy atom. The van der Waals surface area contributed by atoms with Crippen LogP contribution in [0.1, 0.15) is 38.3 Å². The molecule has 3 atom stereocenters. The van der Waals surface area contributed by atoms with Crippen LogP contribution < -0.4 is 5.32 Å². The molecule has 0 aliphatic carbocycles. The summed E-state index contributed by atoms with van der Waals surface area (Å²) < 4.78 is 0. The summed E-state index contributed by atoms with van der Waals surface area (Å²) in [6.45, 7) is 5.04. The molecule has 5 nitrogen and oxygen atoms in total. The lowest BCUT2D eigenvalue weighted by molar-refractivity contribution is -0.145. The number of benzene rings is 2. The summed E-state index contributed by atoms with van der Waals surface area (Å²) >= 11 is 0. The SMILES string of the molecule is CC(NC(=O)C(C)N1CCCC(C(=O)O)C1)c1ccc2ccccc2c1. The molecule has 1 aliphatic heterocycles. The van der Waals surface area contributed by atoms with Crippen LogP contribution in [0.2, 0.25) is 0 Å². The van der Waals surface area contributed by atoms with E-state index >= 15 is 0 Å². The largest absolute Gasteiger partial charge is 0.481 e. The fraction of sp³-hybridized carbons (Fsp3) is 0.429. The number of hydrogen-bond donors (Lipinski definition) is 2. The molecule has 0 spiro atoms. The van der Waals surface area contributed by atoms with Crippen molar-refractivity contribution in [2.24, 2.45) is 5.92 Å². The quantitative estimate of drug-likeness (QED) is 0.865. The monoisotopic (exact) mass is 354 g/mol. The van der Waals surface area contributed by atoms with Crippen molar-refractivity contribution in [3.63, 3.8) is 0 Å². The maximum absolute atomic E-state index is 12.7. The number of piperidine rings is 1. The number of likely N-dealkylation sites (tertiary alicyclic amines) is 1. The minimum atomic E-state index is -0.771. The van der Waals surface area contributed by atoms with Gasteiger partial charge >= 0.3 is 5.97 Å². The second-order valence-electron chi connectivity index (χ2n) is 7.19. The van der Waals surface area contributed by atoms with E-state index in [2.05, 4.69) is 29.6 Å². The normalized spacial score (nSPS) is 20.5. The highest BCUT2D eigenvalue weighted by molar-refractivity contribution is 5.84. The van der Waals surface area contributed by atoms with E-state index in [0.29, 0.717) is 13.0 Å². The highest BCUT2D eigenvalue weighted by Crippen LogP contribution is 2.22. The average Bonchev–Trinajstić information content (AvgIpc) is 2.66. The predicted octanol–water partition coefficient (Wildman–Crippen LogP) is 3.20. The van der Waals surface area contributed by atoms with Gasteiger partial charge in [0.15, 0.2) is 0 Å². The Balaban J connectivity index is 1.64. The molecule has 2 N–H and O–H groups in total. The van der Waals surface area contributed by atoms with Crippen LogP contribution >= 0.6 is 0 Å². The Kier molecular flexibility index (Phi) is 5.57. The highest BCUT2D eigenvalue weighted by Gasteiger charge is 2.31. The van der Waals surface area contributed by atoms with Crippen LogP contribution in [0.4, 0.5) is 0 Å². The number of carboxylic acid groups (broad SMARTS) is 1. The summed E-state index contributed by atoms with van der Waals surface area (Å²) in [6.07, 6.45) is 1.50. The zero-order valence-electron chi connectivity index (χ0n) is 15.3. The van der Waals surface area contributed by atoms with Crippen LogP contribution in [0.3, 0.4) is 0 Å². The van der Waals surface area contributed by atoms with Crippen LogP contribution in [0.5, 0.6) is 0 Å². The summed E-state index contributed by atoms with van der Waals surface area (Å²) in [5.41, 5.74) is 1.06. The molecule has 1 aliphatic rings. The van der Waals surface area contributed by atoms with Crippen molar-refractivity contribution in [1.82, 2.24) is 10.2 Å². The Morgan fingerprint density at radius 1 is 1.15 bits per heavy atom. The number of nitrogens with one attached hydrogen (secondary N) is 1. The van der Waals surface area contributed by atoms with Crippen LogP contribution in [0, 0.1) is 5.92 Å². The van der Waals surface area contributed by atoms with E-state index in [1.54, 1.807) is 0 Å². The first kappa shape index (κ1) is 18.4.